The van der Waals surface area contributed by atoms with E-state index in [0.717, 1.165) is 16.9 Å². The molecule has 3 heteroatoms. The summed E-state index contributed by atoms with van der Waals surface area (Å²) in [6.07, 6.45) is 3.60. The van der Waals surface area contributed by atoms with E-state index in [0.29, 0.717) is 5.92 Å². The van der Waals surface area contributed by atoms with Crippen LogP contribution in [0.5, 0.6) is 0 Å². The van der Waals surface area contributed by atoms with Crippen LogP contribution in [0.4, 0.5) is 4.39 Å². The van der Waals surface area contributed by atoms with Gasteiger partial charge in [0.25, 0.3) is 0 Å². The maximum absolute atomic E-state index is 13.7. The van der Waals surface area contributed by atoms with Crippen LogP contribution in [0.2, 0.25) is 0 Å². The van der Waals surface area contributed by atoms with Crippen LogP contribution in [0.15, 0.2) is 18.5 Å². The Balaban J connectivity index is 2.69. The van der Waals surface area contributed by atoms with Gasteiger partial charge in [-0.2, -0.15) is 0 Å². The zero-order valence-electron chi connectivity index (χ0n) is 10.2. The van der Waals surface area contributed by atoms with Gasteiger partial charge in [-0.1, -0.05) is 27.7 Å². The van der Waals surface area contributed by atoms with Crippen molar-refractivity contribution in [1.82, 2.24) is 9.38 Å². The van der Waals surface area contributed by atoms with Gasteiger partial charge in [-0.3, -0.25) is 0 Å². The Morgan fingerprint density at radius 2 is 1.88 bits per heavy atom. The summed E-state index contributed by atoms with van der Waals surface area (Å²) in [7, 11) is 0. The first-order valence-corrected chi connectivity index (χ1v) is 5.67. The van der Waals surface area contributed by atoms with Gasteiger partial charge in [-0.15, -0.1) is 0 Å². The van der Waals surface area contributed by atoms with E-state index in [2.05, 4.69) is 18.8 Å². The quantitative estimate of drug-likeness (QED) is 0.754. The van der Waals surface area contributed by atoms with Crippen LogP contribution in [0.3, 0.4) is 0 Å². The Kier molecular flexibility index (Phi) is 2.70. The third-order valence-electron chi connectivity index (χ3n) is 2.81. The molecule has 0 aliphatic heterocycles. The molecule has 0 aromatic carbocycles. The predicted molar refractivity (Wildman–Crippen MR) is 63.3 cm³/mol. The van der Waals surface area contributed by atoms with Crippen LogP contribution >= 0.6 is 0 Å². The van der Waals surface area contributed by atoms with Gasteiger partial charge in [0.2, 0.25) is 0 Å². The fourth-order valence-electron chi connectivity index (χ4n) is 1.90. The van der Waals surface area contributed by atoms with Crippen LogP contribution in [-0.4, -0.2) is 9.38 Å². The maximum atomic E-state index is 13.7. The van der Waals surface area contributed by atoms with Crippen LogP contribution in [-0.2, 0) is 0 Å². The van der Waals surface area contributed by atoms with Crippen molar-refractivity contribution < 1.29 is 4.39 Å². The third kappa shape index (κ3) is 1.70. The van der Waals surface area contributed by atoms with Crippen molar-refractivity contribution in [3.63, 3.8) is 0 Å². The summed E-state index contributed by atoms with van der Waals surface area (Å²) in [6.45, 7) is 8.17. The zero-order chi connectivity index (χ0) is 11.9. The van der Waals surface area contributed by atoms with Gasteiger partial charge in [0.1, 0.15) is 11.6 Å². The summed E-state index contributed by atoms with van der Waals surface area (Å²) in [5.41, 5.74) is 1.57. The van der Waals surface area contributed by atoms with Crippen LogP contribution < -0.4 is 0 Å². The van der Waals surface area contributed by atoms with Gasteiger partial charge in [-0.05, 0) is 12.0 Å². The van der Waals surface area contributed by atoms with Gasteiger partial charge in [0.15, 0.2) is 0 Å². The molecule has 0 saturated carbocycles. The first kappa shape index (κ1) is 11.1. The summed E-state index contributed by atoms with van der Waals surface area (Å²) in [5.74, 6) is 1.37. The highest BCUT2D eigenvalue weighted by atomic mass is 19.1. The monoisotopic (exact) mass is 220 g/mol. The lowest BCUT2D eigenvalue weighted by atomic mass is 10.0. The maximum Gasteiger partial charge on any atom is 0.130 e. The highest BCUT2D eigenvalue weighted by Gasteiger charge is 2.12. The molecule has 2 aromatic heterocycles. The first-order chi connectivity index (χ1) is 7.50. The van der Waals surface area contributed by atoms with E-state index in [4.69, 9.17) is 0 Å². The molecule has 2 nitrogen and oxygen atoms in total. The number of fused-ring (bicyclic) bond motifs is 1. The molecule has 0 aliphatic carbocycles. The van der Waals surface area contributed by atoms with E-state index in [1.165, 1.54) is 0 Å². The van der Waals surface area contributed by atoms with Gasteiger partial charge in [0.05, 0.1) is 11.7 Å². The van der Waals surface area contributed by atoms with Crippen molar-refractivity contribution in [2.24, 2.45) is 0 Å². The number of pyridine rings is 1. The lowest BCUT2D eigenvalue weighted by Gasteiger charge is -2.10. The summed E-state index contributed by atoms with van der Waals surface area (Å²) < 4.78 is 15.7. The van der Waals surface area contributed by atoms with Gasteiger partial charge in [0, 0.05) is 17.7 Å². The minimum Gasteiger partial charge on any atom is -0.303 e. The molecular formula is C13H17FN2. The molecule has 0 amide bonds. The summed E-state index contributed by atoms with van der Waals surface area (Å²) in [5, 5.41) is 0. The lowest BCUT2D eigenvalue weighted by molar-refractivity contribution is 0.594. The lowest BCUT2D eigenvalue weighted by Crippen LogP contribution is -2.01. The van der Waals surface area contributed by atoms with E-state index >= 15 is 0 Å². The highest BCUT2D eigenvalue weighted by Crippen LogP contribution is 2.23. The van der Waals surface area contributed by atoms with E-state index in [-0.39, 0.29) is 11.7 Å². The van der Waals surface area contributed by atoms with E-state index in [1.54, 1.807) is 12.3 Å². The molecule has 0 radical (unpaired) electrons. The van der Waals surface area contributed by atoms with Crippen molar-refractivity contribution in [1.29, 1.82) is 0 Å². The van der Waals surface area contributed by atoms with Crippen LogP contribution in [0.25, 0.3) is 5.52 Å². The topological polar surface area (TPSA) is 17.3 Å². The second-order valence-corrected chi connectivity index (χ2v) is 4.80. The summed E-state index contributed by atoms with van der Waals surface area (Å²) >= 11 is 0. The van der Waals surface area contributed by atoms with Crippen molar-refractivity contribution in [3.8, 4) is 0 Å². The SMILES string of the molecule is CC(C)c1cn2c(C(C)C)ncc2cc1F. The molecule has 0 atom stereocenters. The summed E-state index contributed by atoms with van der Waals surface area (Å²) in [4.78, 5) is 4.33. The van der Waals surface area contributed by atoms with Crippen molar-refractivity contribution in [3.05, 3.63) is 35.7 Å². The average Bonchev–Trinajstić information content (AvgIpc) is 2.58. The number of aromatic nitrogens is 2. The van der Waals surface area contributed by atoms with Gasteiger partial charge < -0.3 is 4.40 Å². The first-order valence-electron chi connectivity index (χ1n) is 5.67. The fraction of sp³-hybridized carbons (Fsp3) is 0.462. The van der Waals surface area contributed by atoms with Gasteiger partial charge >= 0.3 is 0 Å². The molecule has 2 rings (SSSR count). The molecule has 86 valence electrons. The number of rotatable bonds is 2. The average molecular weight is 220 g/mol. The predicted octanol–water partition coefficient (Wildman–Crippen LogP) is 3.72. The van der Waals surface area contributed by atoms with Crippen molar-refractivity contribution in [2.75, 3.05) is 0 Å². The third-order valence-corrected chi connectivity index (χ3v) is 2.81. The van der Waals surface area contributed by atoms with Crippen LogP contribution in [0, 0.1) is 5.82 Å². The largest absolute Gasteiger partial charge is 0.303 e. The molecular weight excluding hydrogens is 203 g/mol. The minimum atomic E-state index is -0.141. The van der Waals surface area contributed by atoms with Crippen LogP contribution in [0.1, 0.15) is 50.9 Å². The number of halogens is 1. The standard InChI is InChI=1S/C13H17FN2/c1-8(2)11-7-16-10(5-12(11)14)6-15-13(16)9(3)4/h5-9H,1-4H3. The second-order valence-electron chi connectivity index (χ2n) is 4.80. The van der Waals surface area contributed by atoms with Crippen molar-refractivity contribution >= 4 is 5.52 Å². The van der Waals surface area contributed by atoms with E-state index in [9.17, 15) is 4.39 Å². The number of hydrogen-bond acceptors (Lipinski definition) is 1. The molecule has 0 spiro atoms. The zero-order valence-corrected chi connectivity index (χ0v) is 10.2. The van der Waals surface area contributed by atoms with Gasteiger partial charge in [-0.25, -0.2) is 9.37 Å². The Bertz CT molecular complexity index is 512. The second kappa shape index (κ2) is 3.89. The number of hydrogen-bond donors (Lipinski definition) is 0. The highest BCUT2D eigenvalue weighted by molar-refractivity contribution is 5.48. The number of nitrogens with zero attached hydrogens (tertiary/aromatic N) is 2. The Hall–Kier alpha value is -1.38. The van der Waals surface area contributed by atoms with E-state index in [1.807, 2.05) is 24.4 Å². The molecule has 2 aromatic rings. The Morgan fingerprint density at radius 1 is 1.19 bits per heavy atom. The molecule has 0 saturated heterocycles. The summed E-state index contributed by atoms with van der Waals surface area (Å²) in [6, 6.07) is 1.56. The normalized spacial score (nSPS) is 11.9. The molecule has 2 heterocycles. The Labute approximate surface area is 95.1 Å². The van der Waals surface area contributed by atoms with E-state index < -0.39 is 0 Å². The number of imidazole rings is 1. The molecule has 0 N–H and O–H groups in total. The fourth-order valence-corrected chi connectivity index (χ4v) is 1.90. The molecule has 0 aliphatic rings. The molecule has 16 heavy (non-hydrogen) atoms. The minimum absolute atomic E-state index is 0.141. The smallest absolute Gasteiger partial charge is 0.130 e. The molecule has 0 bridgehead atoms. The Morgan fingerprint density at radius 3 is 2.44 bits per heavy atom. The van der Waals surface area contributed by atoms with Crippen molar-refractivity contribution in [2.45, 2.75) is 39.5 Å². The molecule has 0 fully saturated rings. The molecule has 0 unspecified atom stereocenters.